The first-order valence-corrected chi connectivity index (χ1v) is 12.3. The summed E-state index contributed by atoms with van der Waals surface area (Å²) in [5.41, 5.74) is 0. The van der Waals surface area contributed by atoms with Gasteiger partial charge in [-0.1, -0.05) is 38.1 Å². The minimum Gasteiger partial charge on any atom is -0.300 e. The van der Waals surface area contributed by atoms with Gasteiger partial charge in [-0.15, -0.1) is 0 Å². The molecule has 0 saturated heterocycles. The molecule has 2 atom stereocenters. The van der Waals surface area contributed by atoms with Crippen molar-refractivity contribution in [2.45, 2.75) is 76.4 Å². The lowest BCUT2D eigenvalue weighted by Gasteiger charge is -2.29. The van der Waals surface area contributed by atoms with Crippen molar-refractivity contribution in [2.24, 2.45) is 11.8 Å². The van der Waals surface area contributed by atoms with Crippen molar-refractivity contribution in [3.63, 3.8) is 0 Å². The summed E-state index contributed by atoms with van der Waals surface area (Å²) >= 11 is 0. The van der Waals surface area contributed by atoms with E-state index in [-0.39, 0.29) is 46.8 Å². The number of benzene rings is 1. The highest BCUT2D eigenvalue weighted by molar-refractivity contribution is 7.93. The summed E-state index contributed by atoms with van der Waals surface area (Å²) < 4.78 is 24.2. The topological polar surface area (TPSA) is 102 Å². The van der Waals surface area contributed by atoms with Crippen molar-refractivity contribution in [1.29, 1.82) is 0 Å². The van der Waals surface area contributed by atoms with E-state index in [4.69, 9.17) is 0 Å². The Labute approximate surface area is 191 Å². The number of allylic oxidation sites excluding steroid dienone is 2. The highest BCUT2D eigenvalue weighted by Gasteiger charge is 2.55. The predicted molar refractivity (Wildman–Crippen MR) is 124 cm³/mol. The SMILES string of the molecule is CC(=O)/C=C/CCC(=O)C(C)C.CC(=O)C[C@H]1CCC(=O)[C@]1(C)S(=O)(=O)c1ccccc1. The lowest BCUT2D eigenvalue weighted by atomic mass is 9.92. The van der Waals surface area contributed by atoms with Crippen molar-refractivity contribution in [3.8, 4) is 0 Å². The van der Waals surface area contributed by atoms with Crippen molar-refractivity contribution in [3.05, 3.63) is 42.5 Å². The van der Waals surface area contributed by atoms with Gasteiger partial charge in [-0.05, 0) is 57.7 Å². The van der Waals surface area contributed by atoms with Crippen molar-refractivity contribution >= 4 is 33.0 Å². The molecule has 6 nitrogen and oxygen atoms in total. The number of rotatable bonds is 9. The van der Waals surface area contributed by atoms with Crippen LogP contribution >= 0.6 is 0 Å². The second-order valence-corrected chi connectivity index (χ2v) is 11.0. The fourth-order valence-electron chi connectivity index (χ4n) is 3.68. The normalized spacial score (nSPS) is 20.8. The van der Waals surface area contributed by atoms with Gasteiger partial charge >= 0.3 is 0 Å². The van der Waals surface area contributed by atoms with Crippen LogP contribution in [0.4, 0.5) is 0 Å². The maximum absolute atomic E-state index is 12.8. The molecule has 2 rings (SSSR count). The van der Waals surface area contributed by atoms with Crippen LogP contribution in [0, 0.1) is 11.8 Å². The Hall–Kier alpha value is -2.41. The molecule has 1 aromatic carbocycles. The van der Waals surface area contributed by atoms with Crippen LogP contribution in [0.5, 0.6) is 0 Å². The molecule has 0 N–H and O–H groups in total. The minimum absolute atomic E-state index is 0.0343. The monoisotopic (exact) mass is 462 g/mol. The summed E-state index contributed by atoms with van der Waals surface area (Å²) in [5, 5.41) is 0. The number of sulfone groups is 1. The third-order valence-corrected chi connectivity index (χ3v) is 8.32. The van der Waals surface area contributed by atoms with E-state index >= 15 is 0 Å². The van der Waals surface area contributed by atoms with Gasteiger partial charge in [0, 0.05) is 25.2 Å². The summed E-state index contributed by atoms with van der Waals surface area (Å²) in [7, 11) is -3.78. The molecule has 176 valence electrons. The van der Waals surface area contributed by atoms with Crippen LogP contribution in [0.15, 0.2) is 47.4 Å². The van der Waals surface area contributed by atoms with Crippen LogP contribution < -0.4 is 0 Å². The maximum Gasteiger partial charge on any atom is 0.191 e. The Bertz CT molecular complexity index is 959. The van der Waals surface area contributed by atoms with E-state index in [0.29, 0.717) is 19.3 Å². The molecule has 1 aliphatic rings. The first-order valence-electron chi connectivity index (χ1n) is 10.9. The van der Waals surface area contributed by atoms with Gasteiger partial charge in [0.2, 0.25) is 0 Å². The Morgan fingerprint density at radius 3 is 2.22 bits per heavy atom. The molecular weight excluding hydrogens is 428 g/mol. The first-order chi connectivity index (χ1) is 14.8. The first kappa shape index (κ1) is 27.6. The van der Waals surface area contributed by atoms with Gasteiger partial charge in [0.15, 0.2) is 21.4 Å². The molecule has 1 fully saturated rings. The van der Waals surface area contributed by atoms with Gasteiger partial charge in [-0.25, -0.2) is 8.42 Å². The molecule has 1 saturated carbocycles. The van der Waals surface area contributed by atoms with Gasteiger partial charge in [0.05, 0.1) is 4.90 Å². The Morgan fingerprint density at radius 1 is 1.12 bits per heavy atom. The van der Waals surface area contributed by atoms with Crippen molar-refractivity contribution in [1.82, 2.24) is 0 Å². The molecule has 0 aromatic heterocycles. The molecule has 7 heteroatoms. The van der Waals surface area contributed by atoms with Gasteiger partial charge in [-0.3, -0.25) is 14.4 Å². The van der Waals surface area contributed by atoms with Gasteiger partial charge < -0.3 is 4.79 Å². The van der Waals surface area contributed by atoms with Crippen LogP contribution in [0.1, 0.15) is 66.7 Å². The summed E-state index contributed by atoms with van der Waals surface area (Å²) in [4.78, 5) is 45.2. The van der Waals surface area contributed by atoms with E-state index in [0.717, 1.165) is 0 Å². The number of carbonyl (C=O) groups is 4. The van der Waals surface area contributed by atoms with Crippen LogP contribution in [-0.2, 0) is 29.0 Å². The smallest absolute Gasteiger partial charge is 0.191 e. The molecule has 0 unspecified atom stereocenters. The lowest BCUT2D eigenvalue weighted by molar-refractivity contribution is -0.122. The van der Waals surface area contributed by atoms with E-state index < -0.39 is 20.5 Å². The largest absolute Gasteiger partial charge is 0.300 e. The highest BCUT2D eigenvalue weighted by Crippen LogP contribution is 2.43. The van der Waals surface area contributed by atoms with Gasteiger partial charge in [-0.2, -0.15) is 0 Å². The molecule has 32 heavy (non-hydrogen) atoms. The molecule has 0 aliphatic heterocycles. The Kier molecular flexibility index (Phi) is 10.4. The molecule has 0 bridgehead atoms. The van der Waals surface area contributed by atoms with E-state index in [2.05, 4.69) is 0 Å². The fourth-order valence-corrected chi connectivity index (χ4v) is 5.72. The average Bonchev–Trinajstić information content (AvgIpc) is 3.01. The minimum atomic E-state index is -3.78. The quantitative estimate of drug-likeness (QED) is 0.507. The summed E-state index contributed by atoms with van der Waals surface area (Å²) in [5.74, 6) is -0.407. The number of carbonyl (C=O) groups excluding carboxylic acids is 4. The summed E-state index contributed by atoms with van der Waals surface area (Å²) in [6.07, 6.45) is 5.30. The number of hydrogen-bond donors (Lipinski definition) is 0. The van der Waals surface area contributed by atoms with Crippen LogP contribution in [-0.4, -0.2) is 36.3 Å². The Balaban J connectivity index is 0.000000368. The highest BCUT2D eigenvalue weighted by atomic mass is 32.2. The zero-order valence-corrected chi connectivity index (χ0v) is 20.4. The lowest BCUT2D eigenvalue weighted by Crippen LogP contribution is -2.45. The molecule has 0 amide bonds. The van der Waals surface area contributed by atoms with Crippen LogP contribution in [0.25, 0.3) is 0 Å². The van der Waals surface area contributed by atoms with E-state index in [1.54, 1.807) is 24.3 Å². The van der Waals surface area contributed by atoms with E-state index in [1.807, 2.05) is 13.8 Å². The van der Waals surface area contributed by atoms with Crippen molar-refractivity contribution in [2.75, 3.05) is 0 Å². The van der Waals surface area contributed by atoms with E-state index in [1.165, 1.54) is 39.0 Å². The molecule has 0 spiro atoms. The second-order valence-electron chi connectivity index (χ2n) is 8.66. The second kappa shape index (κ2) is 12.0. The predicted octanol–water partition coefficient (Wildman–Crippen LogP) is 4.31. The third kappa shape index (κ3) is 7.05. The zero-order valence-electron chi connectivity index (χ0n) is 19.6. The van der Waals surface area contributed by atoms with Crippen LogP contribution in [0.2, 0.25) is 0 Å². The molecular formula is C25H34O6S. The zero-order chi connectivity index (χ0) is 24.5. The number of ketones is 4. The molecule has 0 radical (unpaired) electrons. The maximum atomic E-state index is 12.8. The Morgan fingerprint density at radius 2 is 1.72 bits per heavy atom. The van der Waals surface area contributed by atoms with E-state index in [9.17, 15) is 27.6 Å². The van der Waals surface area contributed by atoms with Crippen LogP contribution in [0.3, 0.4) is 0 Å². The molecule has 1 aromatic rings. The standard InChI is InChI=1S/C15H18O4S.C10H16O2/c1-11(16)10-12-8-9-14(17)15(12,2)20(18,19)13-6-4-3-5-7-13;1-8(2)10(12)7-5-4-6-9(3)11/h3-7,12H,8-10H2,1-2H3;4,6,8H,5,7H2,1-3H3/b;6-4+/t12-,15-;/m1./s1. The third-order valence-electron chi connectivity index (χ3n) is 5.75. The molecule has 0 heterocycles. The van der Waals surface area contributed by atoms with Gasteiger partial charge in [0.25, 0.3) is 0 Å². The number of Topliss-reactive ketones (excluding diaryl/α,β-unsaturated/α-hetero) is 3. The number of hydrogen-bond acceptors (Lipinski definition) is 6. The fraction of sp³-hybridized carbons (Fsp3) is 0.520. The summed E-state index contributed by atoms with van der Waals surface area (Å²) in [6.45, 7) is 8.17. The molecule has 1 aliphatic carbocycles. The van der Waals surface area contributed by atoms with Crippen molar-refractivity contribution < 1.29 is 27.6 Å². The summed E-state index contributed by atoms with van der Waals surface area (Å²) in [6, 6.07) is 7.99. The average molecular weight is 463 g/mol. The van der Waals surface area contributed by atoms with Gasteiger partial charge in [0.1, 0.15) is 16.3 Å².